The molecule has 0 aliphatic heterocycles. The number of hydrogen-bond acceptors (Lipinski definition) is 5. The molecule has 0 saturated carbocycles. The molecule has 0 aliphatic carbocycles. The molecule has 7 nitrogen and oxygen atoms in total. The lowest BCUT2D eigenvalue weighted by Gasteiger charge is -2.09. The minimum Gasteiger partial charge on any atom is -0.478 e. The van der Waals surface area contributed by atoms with E-state index in [0.29, 0.717) is 0 Å². The maximum Gasteiger partial charge on any atom is 0.354 e. The maximum atomic E-state index is 11.4. The number of carbonyl (C=O) groups is 3. The lowest BCUT2D eigenvalue weighted by molar-refractivity contribution is -0.140. The summed E-state index contributed by atoms with van der Waals surface area (Å²) in [4.78, 5) is 37.3. The van der Waals surface area contributed by atoms with E-state index in [1.807, 2.05) is 0 Å². The van der Waals surface area contributed by atoms with Crippen LogP contribution in [0.15, 0.2) is 0 Å². The highest BCUT2D eigenvalue weighted by atomic mass is 16.5. The molecular weight excluding hydrogens is 290 g/mol. The molecule has 0 spiro atoms. The van der Waals surface area contributed by atoms with E-state index >= 15 is 0 Å². The second-order valence-electron chi connectivity index (χ2n) is 4.41. The van der Waals surface area contributed by atoms with Gasteiger partial charge in [0, 0.05) is 6.42 Å². The number of carbonyl (C=O) groups excluding carboxylic acids is 1. The van der Waals surface area contributed by atoms with Crippen LogP contribution in [0.25, 0.3) is 0 Å². The van der Waals surface area contributed by atoms with Crippen LogP contribution < -0.4 is 0 Å². The number of hydrogen-bond donors (Lipinski definition) is 2. The number of esters is 1. The van der Waals surface area contributed by atoms with E-state index < -0.39 is 17.9 Å². The Morgan fingerprint density at radius 2 is 1.82 bits per heavy atom. The van der Waals surface area contributed by atoms with E-state index in [-0.39, 0.29) is 40.9 Å². The molecule has 0 amide bonds. The van der Waals surface area contributed by atoms with E-state index in [0.717, 1.165) is 0 Å². The van der Waals surface area contributed by atoms with Crippen LogP contribution in [0.4, 0.5) is 0 Å². The number of ether oxygens (including phenoxy) is 1. The molecule has 0 aromatic carbocycles. The van der Waals surface area contributed by atoms with Crippen molar-refractivity contribution in [2.24, 2.45) is 0 Å². The van der Waals surface area contributed by atoms with Crippen LogP contribution in [0.2, 0.25) is 0 Å². The fourth-order valence-electron chi connectivity index (χ4n) is 1.84. The van der Waals surface area contributed by atoms with Crippen molar-refractivity contribution in [1.82, 2.24) is 4.98 Å². The summed E-state index contributed by atoms with van der Waals surface area (Å²) < 4.78 is 4.47. The molecule has 0 aliphatic rings. The van der Waals surface area contributed by atoms with Gasteiger partial charge in [0.15, 0.2) is 5.69 Å². The van der Waals surface area contributed by atoms with Gasteiger partial charge in [-0.2, -0.15) is 0 Å². The molecule has 116 valence electrons. The number of carboxylic acids is 2. The van der Waals surface area contributed by atoms with Crippen LogP contribution in [0.1, 0.15) is 50.5 Å². The Kier molecular flexibility index (Phi) is 5.64. The van der Waals surface area contributed by atoms with Crippen LogP contribution in [-0.2, 0) is 9.53 Å². The van der Waals surface area contributed by atoms with Gasteiger partial charge in [0.25, 0.3) is 0 Å². The zero-order chi connectivity index (χ0) is 16.9. The fraction of sp³-hybridized carbons (Fsp3) is 0.333. The molecule has 0 saturated heterocycles. The van der Waals surface area contributed by atoms with Crippen LogP contribution in [0.5, 0.6) is 0 Å². The average molecular weight is 305 g/mol. The van der Waals surface area contributed by atoms with E-state index in [1.165, 1.54) is 21.0 Å². The molecule has 1 aromatic heterocycles. The molecular formula is C15H15NO6. The molecule has 0 fully saturated rings. The molecule has 0 radical (unpaired) electrons. The van der Waals surface area contributed by atoms with E-state index in [1.54, 1.807) is 0 Å². The van der Waals surface area contributed by atoms with Gasteiger partial charge in [0.05, 0.1) is 30.4 Å². The Morgan fingerprint density at radius 1 is 1.18 bits per heavy atom. The number of carboxylic acid groups (broad SMARTS) is 2. The molecule has 1 heterocycles. The number of aromatic carboxylic acids is 2. The summed E-state index contributed by atoms with van der Waals surface area (Å²) in [5.74, 6) is 2.34. The molecule has 2 N–H and O–H groups in total. The number of nitrogens with zero attached hydrogens (tertiary/aromatic N) is 1. The van der Waals surface area contributed by atoms with E-state index in [9.17, 15) is 19.5 Å². The molecule has 1 aromatic rings. The van der Waals surface area contributed by atoms with Crippen molar-refractivity contribution in [2.45, 2.75) is 26.7 Å². The van der Waals surface area contributed by atoms with Gasteiger partial charge in [-0.3, -0.25) is 4.79 Å². The SMILES string of the molecule is COC(=O)CCC#Cc1c(C)nc(C(=O)O)c(C)c1C(=O)O. The number of aromatic nitrogens is 1. The topological polar surface area (TPSA) is 114 Å². The van der Waals surface area contributed by atoms with E-state index in [2.05, 4.69) is 21.6 Å². The summed E-state index contributed by atoms with van der Waals surface area (Å²) in [5.41, 5.74) is -0.0841. The van der Waals surface area contributed by atoms with Crippen molar-refractivity contribution < 1.29 is 29.3 Å². The van der Waals surface area contributed by atoms with Crippen molar-refractivity contribution in [2.75, 3.05) is 7.11 Å². The summed E-state index contributed by atoms with van der Waals surface area (Å²) in [6, 6.07) is 0. The first kappa shape index (κ1) is 17.2. The second-order valence-corrected chi connectivity index (χ2v) is 4.41. The monoisotopic (exact) mass is 305 g/mol. The Morgan fingerprint density at radius 3 is 2.32 bits per heavy atom. The lowest BCUT2D eigenvalue weighted by atomic mass is 9.99. The third-order valence-corrected chi connectivity index (χ3v) is 2.93. The van der Waals surface area contributed by atoms with Crippen molar-refractivity contribution in [3.05, 3.63) is 28.1 Å². The predicted molar refractivity (Wildman–Crippen MR) is 75.8 cm³/mol. The van der Waals surface area contributed by atoms with Crippen LogP contribution in [0.3, 0.4) is 0 Å². The van der Waals surface area contributed by atoms with E-state index in [4.69, 9.17) is 5.11 Å². The number of methoxy groups -OCH3 is 1. The van der Waals surface area contributed by atoms with Crippen molar-refractivity contribution in [3.8, 4) is 11.8 Å². The summed E-state index contributed by atoms with van der Waals surface area (Å²) in [6.45, 7) is 2.86. The number of pyridine rings is 1. The van der Waals surface area contributed by atoms with Crippen LogP contribution >= 0.6 is 0 Å². The predicted octanol–water partition coefficient (Wildman–Crippen LogP) is 1.40. The third-order valence-electron chi connectivity index (χ3n) is 2.93. The summed E-state index contributed by atoms with van der Waals surface area (Å²) in [6.07, 6.45) is 0.287. The van der Waals surface area contributed by atoms with Gasteiger partial charge < -0.3 is 14.9 Å². The third kappa shape index (κ3) is 3.82. The largest absolute Gasteiger partial charge is 0.478 e. The summed E-state index contributed by atoms with van der Waals surface area (Å²) in [5, 5.41) is 18.3. The zero-order valence-corrected chi connectivity index (χ0v) is 12.4. The van der Waals surface area contributed by atoms with Gasteiger partial charge in [0.1, 0.15) is 0 Å². The highest BCUT2D eigenvalue weighted by Gasteiger charge is 2.22. The van der Waals surface area contributed by atoms with Gasteiger partial charge in [-0.1, -0.05) is 11.8 Å². The van der Waals surface area contributed by atoms with Gasteiger partial charge in [0.2, 0.25) is 0 Å². The Hall–Kier alpha value is -2.88. The first-order chi connectivity index (χ1) is 10.3. The Balaban J connectivity index is 3.28. The molecule has 0 atom stereocenters. The summed E-state index contributed by atoms with van der Waals surface area (Å²) >= 11 is 0. The van der Waals surface area contributed by atoms with Gasteiger partial charge in [-0.05, 0) is 19.4 Å². The van der Waals surface area contributed by atoms with Crippen LogP contribution in [0, 0.1) is 25.7 Å². The van der Waals surface area contributed by atoms with Gasteiger partial charge in [-0.15, -0.1) is 0 Å². The highest BCUT2D eigenvalue weighted by molar-refractivity contribution is 5.97. The lowest BCUT2D eigenvalue weighted by Crippen LogP contribution is -2.14. The molecule has 0 unspecified atom stereocenters. The molecule has 0 bridgehead atoms. The molecule has 22 heavy (non-hydrogen) atoms. The van der Waals surface area contributed by atoms with Crippen molar-refractivity contribution in [3.63, 3.8) is 0 Å². The average Bonchev–Trinajstić information content (AvgIpc) is 2.45. The minimum absolute atomic E-state index is 0.0443. The van der Waals surface area contributed by atoms with Crippen molar-refractivity contribution in [1.29, 1.82) is 0 Å². The number of aryl methyl sites for hydroxylation is 1. The highest BCUT2D eigenvalue weighted by Crippen LogP contribution is 2.19. The minimum atomic E-state index is -1.30. The molecule has 7 heteroatoms. The number of rotatable bonds is 4. The first-order valence-corrected chi connectivity index (χ1v) is 6.33. The van der Waals surface area contributed by atoms with Crippen LogP contribution in [-0.4, -0.2) is 40.2 Å². The second kappa shape index (κ2) is 7.22. The summed E-state index contributed by atoms with van der Waals surface area (Å²) in [7, 11) is 1.26. The van der Waals surface area contributed by atoms with Gasteiger partial charge >= 0.3 is 17.9 Å². The normalized spacial score (nSPS) is 9.59. The quantitative estimate of drug-likeness (QED) is 0.638. The first-order valence-electron chi connectivity index (χ1n) is 6.33. The maximum absolute atomic E-state index is 11.4. The Bertz CT molecular complexity index is 696. The standard InChI is InChI=1S/C15H15NO6/c1-8-12(14(18)19)10(6-4-5-7-11(17)22-3)9(2)16-13(8)15(20)21/h5,7H2,1-3H3,(H,18,19)(H,20,21). The van der Waals surface area contributed by atoms with Gasteiger partial charge in [-0.25, -0.2) is 14.6 Å². The smallest absolute Gasteiger partial charge is 0.354 e. The zero-order valence-electron chi connectivity index (χ0n) is 12.4. The van der Waals surface area contributed by atoms with Crippen molar-refractivity contribution >= 4 is 17.9 Å². The molecule has 1 rings (SSSR count). The fourth-order valence-corrected chi connectivity index (χ4v) is 1.84. The Labute approximate surface area is 126 Å².